The number of nitrogens with one attached hydrogen (secondary N) is 1. The summed E-state index contributed by atoms with van der Waals surface area (Å²) in [4.78, 5) is 11.9. The van der Waals surface area contributed by atoms with Crippen molar-refractivity contribution in [3.63, 3.8) is 0 Å². The smallest absolute Gasteiger partial charge is 0.308 e. The quantitative estimate of drug-likeness (QED) is 0.487. The summed E-state index contributed by atoms with van der Waals surface area (Å²) in [6.07, 6.45) is 2.78. The third-order valence-electron chi connectivity index (χ3n) is 6.14. The number of aromatic nitrogens is 5. The molecule has 158 valence electrons. The van der Waals surface area contributed by atoms with Gasteiger partial charge in [-0.1, -0.05) is 5.16 Å². The molecule has 2 aromatic rings. The first kappa shape index (κ1) is 20.0. The molecule has 10 nitrogen and oxygen atoms in total. The van der Waals surface area contributed by atoms with Crippen molar-refractivity contribution >= 4 is 5.97 Å². The Morgan fingerprint density at radius 3 is 3.00 bits per heavy atom. The van der Waals surface area contributed by atoms with E-state index in [2.05, 4.69) is 26.0 Å². The number of ether oxygens (including phenoxy) is 2. The van der Waals surface area contributed by atoms with Crippen LogP contribution in [0.5, 0.6) is 0 Å². The molecular weight excluding hydrogens is 376 g/mol. The maximum atomic E-state index is 11.9. The first-order valence-electron chi connectivity index (χ1n) is 10.2. The van der Waals surface area contributed by atoms with Gasteiger partial charge in [0.05, 0.1) is 31.9 Å². The van der Waals surface area contributed by atoms with Crippen LogP contribution in [0.25, 0.3) is 0 Å². The van der Waals surface area contributed by atoms with E-state index in [1.807, 2.05) is 19.9 Å². The number of tetrazole rings is 1. The molecule has 2 aliphatic rings. The minimum absolute atomic E-state index is 0.00397. The molecule has 2 heterocycles. The van der Waals surface area contributed by atoms with Crippen LogP contribution < -0.4 is 5.32 Å². The molecule has 0 amide bonds. The van der Waals surface area contributed by atoms with Gasteiger partial charge >= 0.3 is 5.97 Å². The number of hydrogen-bond donors (Lipinski definition) is 1. The molecule has 0 radical (unpaired) electrons. The molecule has 1 N–H and O–H groups in total. The second kappa shape index (κ2) is 8.58. The third-order valence-corrected chi connectivity index (χ3v) is 6.14. The molecule has 0 saturated heterocycles. The van der Waals surface area contributed by atoms with Gasteiger partial charge in [0.25, 0.3) is 0 Å². The molecule has 29 heavy (non-hydrogen) atoms. The van der Waals surface area contributed by atoms with E-state index in [1.165, 1.54) is 7.11 Å². The van der Waals surface area contributed by atoms with Crippen LogP contribution in [0.3, 0.4) is 0 Å². The topological polar surface area (TPSA) is 117 Å². The van der Waals surface area contributed by atoms with Crippen LogP contribution >= 0.6 is 0 Å². The zero-order chi connectivity index (χ0) is 20.4. The highest BCUT2D eigenvalue weighted by Crippen LogP contribution is 2.50. The number of hydrogen-bond acceptors (Lipinski definition) is 9. The zero-order valence-corrected chi connectivity index (χ0v) is 17.1. The number of esters is 1. The van der Waals surface area contributed by atoms with E-state index in [9.17, 15) is 4.79 Å². The van der Waals surface area contributed by atoms with Crippen molar-refractivity contribution < 1.29 is 18.8 Å². The lowest BCUT2D eigenvalue weighted by Gasteiger charge is -2.42. The van der Waals surface area contributed by atoms with Crippen molar-refractivity contribution in [1.29, 1.82) is 0 Å². The fourth-order valence-corrected chi connectivity index (χ4v) is 4.67. The highest BCUT2D eigenvalue weighted by molar-refractivity contribution is 5.72. The van der Waals surface area contributed by atoms with Gasteiger partial charge in [-0.15, -0.1) is 5.10 Å². The van der Waals surface area contributed by atoms with E-state index >= 15 is 0 Å². The number of fused-ring (bicyclic) bond motifs is 1. The van der Waals surface area contributed by atoms with Crippen LogP contribution in [0.1, 0.15) is 49.5 Å². The molecule has 2 aliphatic carbocycles. The molecule has 0 bridgehead atoms. The zero-order valence-electron chi connectivity index (χ0n) is 17.1. The highest BCUT2D eigenvalue weighted by Gasteiger charge is 2.50. The van der Waals surface area contributed by atoms with E-state index < -0.39 is 0 Å². The average molecular weight is 404 g/mol. The van der Waals surface area contributed by atoms with E-state index in [0.717, 1.165) is 25.0 Å². The van der Waals surface area contributed by atoms with Gasteiger partial charge < -0.3 is 14.0 Å². The third kappa shape index (κ3) is 4.04. The first-order valence-corrected chi connectivity index (χ1v) is 10.2. The van der Waals surface area contributed by atoms with Gasteiger partial charge in [0.15, 0.2) is 11.6 Å². The SMILES string of the molecule is CCOCCn1nnnc1C(N[C@@H]1C[C@H]2C[C@H](C(=O)OC)C[C@H]21)c1cc(C)no1. The minimum atomic E-state index is -0.309. The Bertz CT molecular complexity index is 836. The van der Waals surface area contributed by atoms with E-state index in [0.29, 0.717) is 43.2 Å². The summed E-state index contributed by atoms with van der Waals surface area (Å²) in [5.41, 5.74) is 0.804. The number of nitrogens with zero attached hydrogens (tertiary/aromatic N) is 5. The van der Waals surface area contributed by atoms with E-state index in [4.69, 9.17) is 14.0 Å². The number of carbonyl (C=O) groups excluding carboxylic acids is 1. The van der Waals surface area contributed by atoms with Crippen LogP contribution in [0.4, 0.5) is 0 Å². The van der Waals surface area contributed by atoms with Gasteiger partial charge in [0, 0.05) is 18.7 Å². The number of carbonyl (C=O) groups is 1. The Kier molecular flexibility index (Phi) is 5.91. The van der Waals surface area contributed by atoms with Crippen LogP contribution in [0.2, 0.25) is 0 Å². The molecule has 2 fully saturated rings. The van der Waals surface area contributed by atoms with Crippen LogP contribution in [-0.4, -0.2) is 57.7 Å². The Labute approximate surface area is 169 Å². The predicted molar refractivity (Wildman–Crippen MR) is 101 cm³/mol. The minimum Gasteiger partial charge on any atom is -0.469 e. The van der Waals surface area contributed by atoms with Gasteiger partial charge in [0.1, 0.15) is 6.04 Å². The molecule has 0 aliphatic heterocycles. The van der Waals surface area contributed by atoms with Crippen molar-refractivity contribution in [1.82, 2.24) is 30.7 Å². The fraction of sp³-hybridized carbons (Fsp3) is 0.737. The maximum absolute atomic E-state index is 11.9. The number of rotatable bonds is 9. The largest absolute Gasteiger partial charge is 0.469 e. The molecule has 5 atom stereocenters. The van der Waals surface area contributed by atoms with Gasteiger partial charge in [-0.05, 0) is 55.4 Å². The summed E-state index contributed by atoms with van der Waals surface area (Å²) in [6.45, 7) is 5.58. The lowest BCUT2D eigenvalue weighted by atomic mass is 9.71. The van der Waals surface area contributed by atoms with Gasteiger partial charge in [0.2, 0.25) is 0 Å². The monoisotopic (exact) mass is 404 g/mol. The van der Waals surface area contributed by atoms with Crippen LogP contribution in [0, 0.1) is 24.7 Å². The summed E-state index contributed by atoms with van der Waals surface area (Å²) < 4.78 is 17.7. The number of methoxy groups -OCH3 is 1. The van der Waals surface area contributed by atoms with Crippen molar-refractivity contribution in [3.05, 3.63) is 23.3 Å². The van der Waals surface area contributed by atoms with Crippen molar-refractivity contribution in [2.45, 2.75) is 51.7 Å². The van der Waals surface area contributed by atoms with E-state index in [-0.39, 0.29) is 24.0 Å². The molecule has 1 unspecified atom stereocenters. The second-order valence-corrected chi connectivity index (χ2v) is 7.89. The fourth-order valence-electron chi connectivity index (χ4n) is 4.67. The normalized spacial score (nSPS) is 26.7. The maximum Gasteiger partial charge on any atom is 0.308 e. The average Bonchev–Trinajstić information content (AvgIpc) is 3.42. The van der Waals surface area contributed by atoms with E-state index in [1.54, 1.807) is 4.68 Å². The standard InChI is InChI=1S/C19H28N6O4/c1-4-28-6-5-25-18(21-23-24-25)17(16-7-11(2)22-29-16)20-15-10-12-8-13(9-14(12)15)19(26)27-3/h7,12-15,17,20H,4-6,8-10H2,1-3H3/t12-,13+,14-,15-,17?/m1/s1. The van der Waals surface area contributed by atoms with Crippen LogP contribution in [-0.2, 0) is 20.8 Å². The molecule has 0 aromatic carbocycles. The Balaban J connectivity index is 1.50. The summed E-state index contributed by atoms with van der Waals surface area (Å²) in [7, 11) is 1.46. The lowest BCUT2D eigenvalue weighted by molar-refractivity contribution is -0.145. The predicted octanol–water partition coefficient (Wildman–Crippen LogP) is 1.27. The Hall–Kier alpha value is -2.33. The first-order chi connectivity index (χ1) is 14.1. The Morgan fingerprint density at radius 1 is 1.41 bits per heavy atom. The second-order valence-electron chi connectivity index (χ2n) is 7.89. The summed E-state index contributed by atoms with van der Waals surface area (Å²) in [5.74, 6) is 2.26. The van der Waals surface area contributed by atoms with Gasteiger partial charge in [-0.2, -0.15) is 0 Å². The van der Waals surface area contributed by atoms with Crippen molar-refractivity contribution in [2.24, 2.45) is 17.8 Å². The molecule has 2 saturated carbocycles. The van der Waals surface area contributed by atoms with Gasteiger partial charge in [-0.3, -0.25) is 10.1 Å². The number of aryl methyl sites for hydroxylation is 1. The molecule has 4 rings (SSSR count). The molecule has 10 heteroatoms. The highest BCUT2D eigenvalue weighted by atomic mass is 16.5. The molecular formula is C19H28N6O4. The summed E-state index contributed by atoms with van der Waals surface area (Å²) in [6, 6.07) is 1.86. The molecule has 0 spiro atoms. The van der Waals surface area contributed by atoms with Crippen molar-refractivity contribution in [2.75, 3.05) is 20.3 Å². The molecule has 2 aromatic heterocycles. The summed E-state index contributed by atoms with van der Waals surface area (Å²) in [5, 5.41) is 19.9. The van der Waals surface area contributed by atoms with Gasteiger partial charge in [-0.25, -0.2) is 4.68 Å². The van der Waals surface area contributed by atoms with Crippen LogP contribution in [0.15, 0.2) is 10.6 Å². The lowest BCUT2D eigenvalue weighted by Crippen LogP contribution is -2.49. The summed E-state index contributed by atoms with van der Waals surface area (Å²) >= 11 is 0. The Morgan fingerprint density at radius 2 is 2.28 bits per heavy atom. The van der Waals surface area contributed by atoms with Crippen molar-refractivity contribution in [3.8, 4) is 0 Å².